The summed E-state index contributed by atoms with van der Waals surface area (Å²) in [5.74, 6) is 1.90. The highest BCUT2D eigenvalue weighted by molar-refractivity contribution is 5.98. The van der Waals surface area contributed by atoms with E-state index in [1.54, 1.807) is 0 Å². The Bertz CT molecular complexity index is 2550. The normalized spacial score (nSPS) is 11.4. The maximum Gasteiger partial charge on any atom is 0.164 e. The van der Waals surface area contributed by atoms with Gasteiger partial charge in [0.15, 0.2) is 17.5 Å². The number of pyridine rings is 1. The molecule has 0 N–H and O–H groups in total. The molecule has 0 bridgehead atoms. The van der Waals surface area contributed by atoms with Gasteiger partial charge in [0.05, 0.1) is 16.6 Å². The molecule has 0 aliphatic carbocycles. The minimum Gasteiger partial charge on any atom is -0.292 e. The summed E-state index contributed by atoms with van der Waals surface area (Å²) in [5, 5.41) is 1.16. The van der Waals surface area contributed by atoms with Crippen LogP contribution >= 0.6 is 0 Å². The van der Waals surface area contributed by atoms with Gasteiger partial charge >= 0.3 is 0 Å². The minimum atomic E-state index is 0.624. The van der Waals surface area contributed by atoms with Crippen LogP contribution in [0.15, 0.2) is 164 Å². The monoisotopic (exact) mass is 601 g/mol. The molecule has 6 aromatic carbocycles. The minimum absolute atomic E-state index is 0.624. The van der Waals surface area contributed by atoms with Gasteiger partial charge in [-0.05, 0) is 46.3 Å². The number of benzene rings is 6. The van der Waals surface area contributed by atoms with E-state index in [1.807, 2.05) is 48.5 Å². The van der Waals surface area contributed by atoms with Crippen molar-refractivity contribution in [3.63, 3.8) is 0 Å². The predicted octanol–water partition coefficient (Wildman–Crippen LogP) is 10.2. The van der Waals surface area contributed by atoms with E-state index in [2.05, 4.69) is 120 Å². The molecule has 5 nitrogen and oxygen atoms in total. The van der Waals surface area contributed by atoms with Crippen molar-refractivity contribution < 1.29 is 0 Å². The topological polar surface area (TPSA) is 56.0 Å². The van der Waals surface area contributed by atoms with Crippen molar-refractivity contribution in [1.29, 1.82) is 0 Å². The highest BCUT2D eigenvalue weighted by atomic mass is 15.0. The van der Waals surface area contributed by atoms with Gasteiger partial charge in [0.25, 0.3) is 0 Å². The van der Waals surface area contributed by atoms with Crippen molar-refractivity contribution >= 4 is 27.6 Å². The molecule has 0 atom stereocenters. The third-order valence-corrected chi connectivity index (χ3v) is 8.65. The van der Waals surface area contributed by atoms with E-state index in [4.69, 9.17) is 19.9 Å². The second-order valence-corrected chi connectivity index (χ2v) is 11.5. The maximum atomic E-state index is 5.08. The Kier molecular flexibility index (Phi) is 6.39. The Morgan fingerprint density at radius 2 is 0.851 bits per heavy atom. The fraction of sp³-hybridized carbons (Fsp3) is 0. The number of para-hydroxylation sites is 3. The Balaban J connectivity index is 1.20. The van der Waals surface area contributed by atoms with Crippen molar-refractivity contribution in [2.75, 3.05) is 0 Å². The number of nitrogens with zero attached hydrogens (tertiary/aromatic N) is 5. The van der Waals surface area contributed by atoms with Crippen molar-refractivity contribution in [3.05, 3.63) is 164 Å². The maximum absolute atomic E-state index is 5.08. The number of rotatable bonds is 5. The first-order valence-electron chi connectivity index (χ1n) is 15.7. The molecular formula is C42H27N5. The van der Waals surface area contributed by atoms with Crippen molar-refractivity contribution in [1.82, 2.24) is 24.3 Å². The van der Waals surface area contributed by atoms with E-state index in [0.717, 1.165) is 66.5 Å². The van der Waals surface area contributed by atoms with E-state index >= 15 is 0 Å². The van der Waals surface area contributed by atoms with E-state index in [1.165, 1.54) is 0 Å². The van der Waals surface area contributed by atoms with Gasteiger partial charge in [0.2, 0.25) is 0 Å². The van der Waals surface area contributed by atoms with E-state index in [-0.39, 0.29) is 0 Å². The number of fused-ring (bicyclic) bond motifs is 5. The summed E-state index contributed by atoms with van der Waals surface area (Å²) >= 11 is 0. The predicted molar refractivity (Wildman–Crippen MR) is 191 cm³/mol. The molecule has 9 rings (SSSR count). The molecule has 0 fully saturated rings. The van der Waals surface area contributed by atoms with Crippen molar-refractivity contribution in [2.24, 2.45) is 0 Å². The fourth-order valence-corrected chi connectivity index (χ4v) is 6.38. The van der Waals surface area contributed by atoms with Crippen LogP contribution in [0.25, 0.3) is 84.0 Å². The van der Waals surface area contributed by atoms with Crippen LogP contribution in [0.1, 0.15) is 0 Å². The zero-order valence-electron chi connectivity index (χ0n) is 25.3. The molecule has 0 amide bonds. The van der Waals surface area contributed by atoms with Gasteiger partial charge in [-0.25, -0.2) is 19.9 Å². The molecule has 47 heavy (non-hydrogen) atoms. The molecule has 0 radical (unpaired) electrons. The Labute approximate surface area is 271 Å². The van der Waals surface area contributed by atoms with Crippen molar-refractivity contribution in [3.8, 4) is 56.4 Å². The fourth-order valence-electron chi connectivity index (χ4n) is 6.38. The molecule has 5 heteroatoms. The Hall–Kier alpha value is -6.46. The summed E-state index contributed by atoms with van der Waals surface area (Å²) in [6.07, 6.45) is 0. The van der Waals surface area contributed by atoms with Crippen LogP contribution in [0.3, 0.4) is 0 Å². The lowest BCUT2D eigenvalue weighted by Gasteiger charge is -2.12. The summed E-state index contributed by atoms with van der Waals surface area (Å²) < 4.78 is 2.27. The van der Waals surface area contributed by atoms with Crippen LogP contribution in [0, 0.1) is 0 Å². The second-order valence-electron chi connectivity index (χ2n) is 11.5. The highest BCUT2D eigenvalue weighted by Crippen LogP contribution is 2.35. The SMILES string of the molecule is c1ccc(-c2nc(-c3ccc(-c4cc5ccccc5n5c4nc4ccccc45)cc3)nc(-c3ccccc3-c3ccccc3)n2)cc1. The Morgan fingerprint density at radius 1 is 0.340 bits per heavy atom. The van der Waals surface area contributed by atoms with Crippen LogP contribution in [-0.2, 0) is 0 Å². The standard InChI is InChI=1S/C42H27N5/c1-3-13-28(14-4-1)33-18-8-9-19-34(33)41-45-39(30-15-5-2-6-16-30)44-40(46-41)31-25-23-29(24-26-31)35-27-32-17-7-11-21-37(32)47-38-22-12-10-20-36(38)43-42(35)47/h1-27H. The summed E-state index contributed by atoms with van der Waals surface area (Å²) in [7, 11) is 0. The summed E-state index contributed by atoms with van der Waals surface area (Å²) in [6, 6.07) is 56.2. The number of imidazole rings is 1. The average molecular weight is 602 g/mol. The van der Waals surface area contributed by atoms with Crippen molar-refractivity contribution in [2.45, 2.75) is 0 Å². The first kappa shape index (κ1) is 26.9. The third-order valence-electron chi connectivity index (χ3n) is 8.65. The zero-order chi connectivity index (χ0) is 31.2. The van der Waals surface area contributed by atoms with Crippen LogP contribution in [-0.4, -0.2) is 24.3 Å². The van der Waals surface area contributed by atoms with Gasteiger partial charge in [-0.15, -0.1) is 0 Å². The number of aromatic nitrogens is 5. The third kappa shape index (κ3) is 4.73. The number of hydrogen-bond acceptors (Lipinski definition) is 4. The lowest BCUT2D eigenvalue weighted by Crippen LogP contribution is -2.01. The Morgan fingerprint density at radius 3 is 1.60 bits per heavy atom. The molecule has 0 spiro atoms. The van der Waals surface area contributed by atoms with E-state index in [0.29, 0.717) is 17.5 Å². The molecule has 0 unspecified atom stereocenters. The van der Waals surface area contributed by atoms with E-state index < -0.39 is 0 Å². The lowest BCUT2D eigenvalue weighted by molar-refractivity contribution is 1.07. The van der Waals surface area contributed by atoms with Crippen LogP contribution < -0.4 is 0 Å². The molecule has 3 aromatic heterocycles. The van der Waals surface area contributed by atoms with E-state index in [9.17, 15) is 0 Å². The largest absolute Gasteiger partial charge is 0.292 e. The molecule has 220 valence electrons. The van der Waals surface area contributed by atoms with Crippen LogP contribution in [0.4, 0.5) is 0 Å². The quantitative estimate of drug-likeness (QED) is 0.197. The summed E-state index contributed by atoms with van der Waals surface area (Å²) in [4.78, 5) is 20.1. The molecule has 3 heterocycles. The van der Waals surface area contributed by atoms with Crippen LogP contribution in [0.2, 0.25) is 0 Å². The lowest BCUT2D eigenvalue weighted by atomic mass is 9.99. The van der Waals surface area contributed by atoms with Gasteiger partial charge in [-0.1, -0.05) is 140 Å². The van der Waals surface area contributed by atoms with Gasteiger partial charge in [0, 0.05) is 22.3 Å². The molecule has 0 aliphatic heterocycles. The first-order chi connectivity index (χ1) is 23.3. The zero-order valence-corrected chi connectivity index (χ0v) is 25.3. The number of hydrogen-bond donors (Lipinski definition) is 0. The molecule has 9 aromatic rings. The molecule has 0 aliphatic rings. The van der Waals surface area contributed by atoms with Crippen LogP contribution in [0.5, 0.6) is 0 Å². The smallest absolute Gasteiger partial charge is 0.164 e. The highest BCUT2D eigenvalue weighted by Gasteiger charge is 2.17. The average Bonchev–Trinajstić information content (AvgIpc) is 3.55. The van der Waals surface area contributed by atoms with Gasteiger partial charge < -0.3 is 0 Å². The molecular weight excluding hydrogens is 574 g/mol. The summed E-state index contributed by atoms with van der Waals surface area (Å²) in [5.41, 5.74) is 11.3. The summed E-state index contributed by atoms with van der Waals surface area (Å²) in [6.45, 7) is 0. The first-order valence-corrected chi connectivity index (χ1v) is 15.7. The van der Waals surface area contributed by atoms with Gasteiger partial charge in [0.1, 0.15) is 5.65 Å². The second kappa shape index (κ2) is 11.2. The molecule has 0 saturated heterocycles. The van der Waals surface area contributed by atoms with Gasteiger partial charge in [-0.3, -0.25) is 4.40 Å². The molecule has 0 saturated carbocycles. The van der Waals surface area contributed by atoms with Gasteiger partial charge in [-0.2, -0.15) is 0 Å².